The number of nitrogens with zero attached hydrogens (tertiary/aromatic N) is 1. The van der Waals surface area contributed by atoms with Crippen LogP contribution in [0.1, 0.15) is 35.7 Å². The molecule has 1 fully saturated rings. The Kier molecular flexibility index (Phi) is 3.92. The molecule has 0 aliphatic carbocycles. The van der Waals surface area contributed by atoms with E-state index >= 15 is 0 Å². The first kappa shape index (κ1) is 13.4. The number of nitrogens with one attached hydrogen (secondary N) is 2. The van der Waals surface area contributed by atoms with Gasteiger partial charge in [0.05, 0.1) is 0 Å². The Labute approximate surface area is 120 Å². The highest BCUT2D eigenvalue weighted by Gasteiger charge is 2.21. The van der Waals surface area contributed by atoms with Gasteiger partial charge in [-0.25, -0.2) is 0 Å². The van der Waals surface area contributed by atoms with E-state index in [1.807, 2.05) is 12.1 Å². The number of amides is 1. The Morgan fingerprint density at radius 3 is 2.95 bits per heavy atom. The number of hydrogen-bond donors (Lipinski definition) is 2. The number of anilines is 1. The minimum Gasteiger partial charge on any atom is -0.384 e. The van der Waals surface area contributed by atoms with Gasteiger partial charge in [-0.2, -0.15) is 0 Å². The third kappa shape index (κ3) is 2.80. The van der Waals surface area contributed by atoms with E-state index in [1.165, 1.54) is 5.56 Å². The molecule has 0 radical (unpaired) electrons. The van der Waals surface area contributed by atoms with Crippen LogP contribution >= 0.6 is 0 Å². The zero-order valence-electron chi connectivity index (χ0n) is 12.1. The minimum absolute atomic E-state index is 0.0662. The van der Waals surface area contributed by atoms with Crippen molar-refractivity contribution in [3.8, 4) is 0 Å². The second kappa shape index (κ2) is 5.83. The van der Waals surface area contributed by atoms with Crippen LogP contribution in [-0.2, 0) is 6.42 Å². The summed E-state index contributed by atoms with van der Waals surface area (Å²) in [5.41, 5.74) is 3.22. The fourth-order valence-corrected chi connectivity index (χ4v) is 3.09. The van der Waals surface area contributed by atoms with Crippen LogP contribution in [0.4, 0.5) is 5.69 Å². The van der Waals surface area contributed by atoms with Crippen LogP contribution in [0.25, 0.3) is 0 Å². The highest BCUT2D eigenvalue weighted by molar-refractivity contribution is 5.95. The van der Waals surface area contributed by atoms with Gasteiger partial charge in [-0.3, -0.25) is 4.79 Å². The average Bonchev–Trinajstić information content (AvgIpc) is 2.95. The van der Waals surface area contributed by atoms with Gasteiger partial charge in [0, 0.05) is 36.9 Å². The SMILES string of the molecule is CCN1CCC(NC(=O)c2ccc3c(c2)NCC3)CC1. The molecular formula is C16H23N3O. The summed E-state index contributed by atoms with van der Waals surface area (Å²) in [6.45, 7) is 6.46. The van der Waals surface area contributed by atoms with E-state index in [1.54, 1.807) is 0 Å². The molecule has 2 heterocycles. The smallest absolute Gasteiger partial charge is 0.251 e. The lowest BCUT2D eigenvalue weighted by atomic mass is 10.0. The van der Waals surface area contributed by atoms with E-state index in [0.717, 1.165) is 56.7 Å². The Bertz CT molecular complexity index is 492. The van der Waals surface area contributed by atoms with E-state index in [-0.39, 0.29) is 5.91 Å². The van der Waals surface area contributed by atoms with Crippen molar-refractivity contribution in [1.29, 1.82) is 0 Å². The molecule has 1 aromatic rings. The van der Waals surface area contributed by atoms with Gasteiger partial charge in [0.1, 0.15) is 0 Å². The van der Waals surface area contributed by atoms with Crippen molar-refractivity contribution in [2.24, 2.45) is 0 Å². The lowest BCUT2D eigenvalue weighted by Gasteiger charge is -2.31. The Balaban J connectivity index is 1.59. The lowest BCUT2D eigenvalue weighted by molar-refractivity contribution is 0.0912. The molecule has 0 atom stereocenters. The molecule has 2 N–H and O–H groups in total. The third-order valence-electron chi connectivity index (χ3n) is 4.45. The third-order valence-corrected chi connectivity index (χ3v) is 4.45. The van der Waals surface area contributed by atoms with Crippen molar-refractivity contribution in [3.63, 3.8) is 0 Å². The molecule has 1 amide bonds. The van der Waals surface area contributed by atoms with Gasteiger partial charge in [-0.1, -0.05) is 13.0 Å². The monoisotopic (exact) mass is 273 g/mol. The van der Waals surface area contributed by atoms with Crippen LogP contribution in [-0.4, -0.2) is 43.0 Å². The number of likely N-dealkylation sites (tertiary alicyclic amines) is 1. The second-order valence-corrected chi connectivity index (χ2v) is 5.73. The molecule has 1 saturated heterocycles. The summed E-state index contributed by atoms with van der Waals surface area (Å²) in [6.07, 6.45) is 3.18. The maximum Gasteiger partial charge on any atom is 0.251 e. The van der Waals surface area contributed by atoms with Crippen molar-refractivity contribution in [2.75, 3.05) is 31.5 Å². The van der Waals surface area contributed by atoms with E-state index in [9.17, 15) is 4.79 Å². The fraction of sp³-hybridized carbons (Fsp3) is 0.562. The van der Waals surface area contributed by atoms with Crippen LogP contribution < -0.4 is 10.6 Å². The van der Waals surface area contributed by atoms with Crippen LogP contribution in [0.15, 0.2) is 18.2 Å². The standard InChI is InChI=1S/C16H23N3O/c1-2-19-9-6-14(7-10-19)18-16(20)13-4-3-12-5-8-17-15(12)11-13/h3-4,11,14,17H,2,5-10H2,1H3,(H,18,20). The first-order valence-corrected chi connectivity index (χ1v) is 7.66. The maximum absolute atomic E-state index is 12.3. The summed E-state index contributed by atoms with van der Waals surface area (Å²) in [4.78, 5) is 14.7. The molecule has 4 heteroatoms. The largest absolute Gasteiger partial charge is 0.384 e. The van der Waals surface area contributed by atoms with Crippen molar-refractivity contribution in [1.82, 2.24) is 10.2 Å². The molecule has 20 heavy (non-hydrogen) atoms. The molecule has 4 nitrogen and oxygen atoms in total. The molecule has 0 spiro atoms. The predicted octanol–water partition coefficient (Wildman–Crippen LogP) is 1.87. The molecule has 2 aliphatic rings. The molecule has 0 aromatic heterocycles. The van der Waals surface area contributed by atoms with E-state index in [2.05, 4.69) is 28.5 Å². The first-order chi connectivity index (χ1) is 9.76. The Hall–Kier alpha value is -1.55. The normalized spacial score (nSPS) is 19.4. The van der Waals surface area contributed by atoms with Crippen molar-refractivity contribution < 1.29 is 4.79 Å². The van der Waals surface area contributed by atoms with Gasteiger partial charge in [0.25, 0.3) is 5.91 Å². The number of fused-ring (bicyclic) bond motifs is 1. The summed E-state index contributed by atoms with van der Waals surface area (Å²) in [5, 5.41) is 6.50. The fourth-order valence-electron chi connectivity index (χ4n) is 3.09. The van der Waals surface area contributed by atoms with Gasteiger partial charge < -0.3 is 15.5 Å². The zero-order chi connectivity index (χ0) is 13.9. The van der Waals surface area contributed by atoms with Crippen molar-refractivity contribution in [2.45, 2.75) is 32.2 Å². The summed E-state index contributed by atoms with van der Waals surface area (Å²) in [6, 6.07) is 6.33. The summed E-state index contributed by atoms with van der Waals surface area (Å²) >= 11 is 0. The van der Waals surface area contributed by atoms with Gasteiger partial charge in [0.2, 0.25) is 0 Å². The van der Waals surface area contributed by atoms with Gasteiger partial charge in [-0.15, -0.1) is 0 Å². The highest BCUT2D eigenvalue weighted by atomic mass is 16.1. The van der Waals surface area contributed by atoms with Crippen LogP contribution in [0, 0.1) is 0 Å². The average molecular weight is 273 g/mol. The molecule has 2 aliphatic heterocycles. The van der Waals surface area contributed by atoms with Gasteiger partial charge >= 0.3 is 0 Å². The summed E-state index contributed by atoms with van der Waals surface area (Å²) in [5.74, 6) is 0.0662. The Morgan fingerprint density at radius 1 is 1.40 bits per heavy atom. The maximum atomic E-state index is 12.3. The molecule has 0 saturated carbocycles. The summed E-state index contributed by atoms with van der Waals surface area (Å²) in [7, 11) is 0. The van der Waals surface area contributed by atoms with E-state index in [0.29, 0.717) is 6.04 Å². The zero-order valence-corrected chi connectivity index (χ0v) is 12.1. The minimum atomic E-state index is 0.0662. The van der Waals surface area contributed by atoms with Crippen LogP contribution in [0.5, 0.6) is 0 Å². The lowest BCUT2D eigenvalue weighted by Crippen LogP contribution is -2.44. The molecule has 108 valence electrons. The van der Waals surface area contributed by atoms with Crippen LogP contribution in [0.3, 0.4) is 0 Å². The van der Waals surface area contributed by atoms with Crippen molar-refractivity contribution >= 4 is 11.6 Å². The number of rotatable bonds is 3. The quantitative estimate of drug-likeness (QED) is 0.883. The highest BCUT2D eigenvalue weighted by Crippen LogP contribution is 2.23. The number of benzene rings is 1. The predicted molar refractivity (Wildman–Crippen MR) is 81.2 cm³/mol. The van der Waals surface area contributed by atoms with Crippen LogP contribution in [0.2, 0.25) is 0 Å². The Morgan fingerprint density at radius 2 is 2.20 bits per heavy atom. The summed E-state index contributed by atoms with van der Waals surface area (Å²) < 4.78 is 0. The molecule has 0 bridgehead atoms. The van der Waals surface area contributed by atoms with Gasteiger partial charge in [-0.05, 0) is 43.5 Å². The van der Waals surface area contributed by atoms with Gasteiger partial charge in [0.15, 0.2) is 0 Å². The van der Waals surface area contributed by atoms with Crippen molar-refractivity contribution in [3.05, 3.63) is 29.3 Å². The number of carbonyl (C=O) groups is 1. The molecular weight excluding hydrogens is 250 g/mol. The number of piperidine rings is 1. The van der Waals surface area contributed by atoms with E-state index < -0.39 is 0 Å². The topological polar surface area (TPSA) is 44.4 Å². The second-order valence-electron chi connectivity index (χ2n) is 5.73. The molecule has 0 unspecified atom stereocenters. The number of hydrogen-bond acceptors (Lipinski definition) is 3. The number of carbonyl (C=O) groups excluding carboxylic acids is 1. The molecule has 1 aromatic carbocycles. The van der Waals surface area contributed by atoms with E-state index in [4.69, 9.17) is 0 Å². The molecule has 3 rings (SSSR count). The first-order valence-electron chi connectivity index (χ1n) is 7.66.